The molecule has 0 amide bonds. The highest BCUT2D eigenvalue weighted by molar-refractivity contribution is 5.95. The van der Waals surface area contributed by atoms with Gasteiger partial charge in [-0.05, 0) is 31.5 Å². The van der Waals surface area contributed by atoms with Crippen LogP contribution in [0.1, 0.15) is 55.5 Å². The minimum Gasteiger partial charge on any atom is -0.488 e. The normalized spacial score (nSPS) is 19.0. The van der Waals surface area contributed by atoms with E-state index in [0.29, 0.717) is 35.7 Å². The molecule has 0 atom stereocenters. The van der Waals surface area contributed by atoms with Gasteiger partial charge in [-0.3, -0.25) is 14.5 Å². The highest BCUT2D eigenvalue weighted by atomic mass is 16.5. The molecule has 0 unspecified atom stereocenters. The van der Waals surface area contributed by atoms with E-state index < -0.39 is 0 Å². The van der Waals surface area contributed by atoms with Gasteiger partial charge in [-0.1, -0.05) is 38.2 Å². The first-order chi connectivity index (χ1) is 15.1. The number of likely N-dealkylation sites (N-methyl/N-ethyl adjacent to an activating group) is 1. The van der Waals surface area contributed by atoms with Crippen molar-refractivity contribution in [3.8, 4) is 5.75 Å². The molecule has 1 aliphatic heterocycles. The molecule has 0 N–H and O–H groups in total. The number of rotatable bonds is 8. The van der Waals surface area contributed by atoms with E-state index in [1.165, 1.54) is 38.2 Å². The van der Waals surface area contributed by atoms with Crippen LogP contribution in [0, 0.1) is 5.92 Å². The lowest BCUT2D eigenvalue weighted by molar-refractivity contribution is 0.0943. The molecule has 1 saturated carbocycles. The first-order valence-corrected chi connectivity index (χ1v) is 11.7. The van der Waals surface area contributed by atoms with E-state index >= 15 is 0 Å². The summed E-state index contributed by atoms with van der Waals surface area (Å²) in [6.07, 6.45) is 7.56. The number of piperazine rings is 1. The van der Waals surface area contributed by atoms with Gasteiger partial charge < -0.3 is 14.1 Å². The minimum absolute atomic E-state index is 0.0863. The van der Waals surface area contributed by atoms with E-state index in [1.807, 2.05) is 6.07 Å². The third kappa shape index (κ3) is 5.74. The number of carbonyl (C=O) groups excluding carboxylic acids is 1. The SMILES string of the molecule is CN1CCN(CCOc2cccc3c(=O)cc(C(=O)CCC4CCCCC4)oc23)CC1. The van der Waals surface area contributed by atoms with Crippen LogP contribution in [-0.4, -0.2) is 62.0 Å². The van der Waals surface area contributed by atoms with Crippen molar-refractivity contribution in [3.05, 3.63) is 40.2 Å². The Morgan fingerprint density at radius 3 is 2.68 bits per heavy atom. The highest BCUT2D eigenvalue weighted by Crippen LogP contribution is 2.29. The molecule has 2 aliphatic rings. The van der Waals surface area contributed by atoms with Crippen molar-refractivity contribution in [1.82, 2.24) is 9.80 Å². The van der Waals surface area contributed by atoms with Gasteiger partial charge in [0.2, 0.25) is 0 Å². The quantitative estimate of drug-likeness (QED) is 0.596. The topological polar surface area (TPSA) is 63.0 Å². The fraction of sp³-hybridized carbons (Fsp3) is 0.600. The lowest BCUT2D eigenvalue weighted by Gasteiger charge is -2.32. The Kier molecular flexibility index (Phi) is 7.41. The number of carbonyl (C=O) groups is 1. The molecular formula is C25H34N2O4. The lowest BCUT2D eigenvalue weighted by atomic mass is 9.85. The summed E-state index contributed by atoms with van der Waals surface area (Å²) in [5, 5.41) is 0.459. The standard InChI is InChI=1S/C25H34N2O4/c1-26-12-14-27(15-13-26)16-17-30-23-9-5-8-20-22(29)18-24(31-25(20)23)21(28)11-10-19-6-3-2-4-7-19/h5,8-9,18-19H,2-4,6-7,10-17H2,1H3. The summed E-state index contributed by atoms with van der Waals surface area (Å²) in [5.41, 5.74) is 0.196. The molecule has 1 aromatic heterocycles. The minimum atomic E-state index is -0.188. The van der Waals surface area contributed by atoms with Gasteiger partial charge >= 0.3 is 0 Å². The van der Waals surface area contributed by atoms with E-state index in [9.17, 15) is 9.59 Å². The lowest BCUT2D eigenvalue weighted by Crippen LogP contribution is -2.45. The van der Waals surface area contributed by atoms with Crippen molar-refractivity contribution < 1.29 is 13.9 Å². The van der Waals surface area contributed by atoms with Gasteiger partial charge in [0.1, 0.15) is 6.61 Å². The van der Waals surface area contributed by atoms with E-state index in [2.05, 4.69) is 16.8 Å². The fourth-order valence-corrected chi connectivity index (χ4v) is 4.69. The molecule has 1 aromatic carbocycles. The van der Waals surface area contributed by atoms with Crippen LogP contribution in [0.2, 0.25) is 0 Å². The summed E-state index contributed by atoms with van der Waals surface area (Å²) in [4.78, 5) is 30.1. The summed E-state index contributed by atoms with van der Waals surface area (Å²) in [6.45, 7) is 5.54. The maximum Gasteiger partial charge on any atom is 0.198 e. The first kappa shape index (κ1) is 22.0. The van der Waals surface area contributed by atoms with Gasteiger partial charge in [-0.15, -0.1) is 0 Å². The average molecular weight is 427 g/mol. The Bertz CT molecular complexity index is 940. The molecule has 6 heteroatoms. The molecule has 31 heavy (non-hydrogen) atoms. The number of nitrogens with zero attached hydrogens (tertiary/aromatic N) is 2. The summed E-state index contributed by atoms with van der Waals surface area (Å²) in [7, 11) is 2.14. The zero-order valence-corrected chi connectivity index (χ0v) is 18.6. The monoisotopic (exact) mass is 426 g/mol. The molecule has 2 fully saturated rings. The van der Waals surface area contributed by atoms with Crippen LogP contribution in [-0.2, 0) is 0 Å². The molecule has 2 heterocycles. The van der Waals surface area contributed by atoms with Crippen molar-refractivity contribution in [1.29, 1.82) is 0 Å². The van der Waals surface area contributed by atoms with Gasteiger partial charge in [-0.25, -0.2) is 0 Å². The summed E-state index contributed by atoms with van der Waals surface area (Å²) >= 11 is 0. The van der Waals surface area contributed by atoms with Crippen molar-refractivity contribution in [2.24, 2.45) is 5.92 Å². The average Bonchev–Trinajstić information content (AvgIpc) is 2.80. The molecule has 0 spiro atoms. The molecule has 6 nitrogen and oxygen atoms in total. The second-order valence-electron chi connectivity index (χ2n) is 9.07. The van der Waals surface area contributed by atoms with Crippen molar-refractivity contribution in [3.63, 3.8) is 0 Å². The number of ketones is 1. The summed E-state index contributed by atoms with van der Waals surface area (Å²) in [5.74, 6) is 1.23. The second-order valence-corrected chi connectivity index (χ2v) is 9.07. The van der Waals surface area contributed by atoms with Crippen LogP contribution in [0.5, 0.6) is 5.75 Å². The van der Waals surface area contributed by atoms with Crippen LogP contribution >= 0.6 is 0 Å². The third-order valence-corrected chi connectivity index (χ3v) is 6.76. The zero-order valence-electron chi connectivity index (χ0n) is 18.6. The van der Waals surface area contributed by atoms with E-state index in [1.54, 1.807) is 12.1 Å². The molecule has 2 aromatic rings. The fourth-order valence-electron chi connectivity index (χ4n) is 4.69. The van der Waals surface area contributed by atoms with Gasteiger partial charge in [0, 0.05) is 45.2 Å². The Hall–Kier alpha value is -2.18. The Morgan fingerprint density at radius 1 is 1.13 bits per heavy atom. The van der Waals surface area contributed by atoms with Crippen molar-refractivity contribution in [2.75, 3.05) is 46.4 Å². The van der Waals surface area contributed by atoms with Gasteiger partial charge in [0.05, 0.1) is 5.39 Å². The summed E-state index contributed by atoms with van der Waals surface area (Å²) in [6, 6.07) is 6.69. The van der Waals surface area contributed by atoms with Crippen molar-refractivity contribution in [2.45, 2.75) is 44.9 Å². The number of benzene rings is 1. The molecular weight excluding hydrogens is 392 g/mol. The van der Waals surface area contributed by atoms with Crippen molar-refractivity contribution >= 4 is 16.8 Å². The van der Waals surface area contributed by atoms with Gasteiger partial charge in [0.25, 0.3) is 0 Å². The predicted octanol–water partition coefficient (Wildman–Crippen LogP) is 3.96. The highest BCUT2D eigenvalue weighted by Gasteiger charge is 2.19. The van der Waals surface area contributed by atoms with E-state index in [0.717, 1.165) is 39.1 Å². The molecule has 168 valence electrons. The van der Waals surface area contributed by atoms with Crippen LogP contribution in [0.15, 0.2) is 33.5 Å². The first-order valence-electron chi connectivity index (χ1n) is 11.7. The summed E-state index contributed by atoms with van der Waals surface area (Å²) < 4.78 is 11.9. The Morgan fingerprint density at radius 2 is 1.90 bits per heavy atom. The number of hydrogen-bond donors (Lipinski definition) is 0. The number of ether oxygens (including phenoxy) is 1. The maximum atomic E-state index is 12.8. The number of para-hydroxylation sites is 1. The smallest absolute Gasteiger partial charge is 0.198 e. The number of Topliss-reactive ketones (excluding diaryl/α,β-unsaturated/α-hetero) is 1. The molecule has 0 radical (unpaired) electrons. The predicted molar refractivity (Wildman–Crippen MR) is 122 cm³/mol. The molecule has 0 bridgehead atoms. The van der Waals surface area contributed by atoms with Gasteiger partial charge in [0.15, 0.2) is 28.3 Å². The Labute approximate surface area is 184 Å². The van der Waals surface area contributed by atoms with Crippen LogP contribution in [0.25, 0.3) is 11.0 Å². The number of hydrogen-bond acceptors (Lipinski definition) is 6. The Balaban J connectivity index is 1.42. The largest absolute Gasteiger partial charge is 0.488 e. The van der Waals surface area contributed by atoms with E-state index in [4.69, 9.17) is 9.15 Å². The van der Waals surface area contributed by atoms with Gasteiger partial charge in [-0.2, -0.15) is 0 Å². The third-order valence-electron chi connectivity index (χ3n) is 6.76. The molecule has 1 saturated heterocycles. The molecule has 1 aliphatic carbocycles. The molecule has 4 rings (SSSR count). The van der Waals surface area contributed by atoms with Crippen LogP contribution in [0.4, 0.5) is 0 Å². The second kappa shape index (κ2) is 10.4. The maximum absolute atomic E-state index is 12.8. The number of fused-ring (bicyclic) bond motifs is 1. The van der Waals surface area contributed by atoms with E-state index in [-0.39, 0.29) is 17.0 Å². The van der Waals surface area contributed by atoms with Crippen LogP contribution in [0.3, 0.4) is 0 Å². The zero-order chi connectivity index (χ0) is 21.6. The van der Waals surface area contributed by atoms with Crippen LogP contribution < -0.4 is 10.2 Å².